The first-order valence-corrected chi connectivity index (χ1v) is 9.79. The van der Waals surface area contributed by atoms with Crippen molar-refractivity contribution in [3.05, 3.63) is 47.6 Å². The number of halogens is 1. The molecule has 0 amide bonds. The molecule has 4 aromatic rings. The van der Waals surface area contributed by atoms with Crippen molar-refractivity contribution in [2.75, 3.05) is 36.5 Å². The standard InChI is InChI=1S/C20H20ClN7O/c1-27-20(23-17-7-6-16-15(18(17)21)12-22-25-16)24-19(26-27)13-2-4-14(5-3-13)28-8-10-29-11-9-28/h2-7,12H,8-11H2,1H3,(H,22,25)(H,23,24,26). The number of H-pyrrole nitrogens is 1. The monoisotopic (exact) mass is 409 g/mol. The van der Waals surface area contributed by atoms with Crippen molar-refractivity contribution in [2.24, 2.45) is 7.05 Å². The van der Waals surface area contributed by atoms with Crippen LogP contribution in [0.1, 0.15) is 0 Å². The number of anilines is 3. The van der Waals surface area contributed by atoms with E-state index < -0.39 is 0 Å². The maximum absolute atomic E-state index is 6.51. The average Bonchev–Trinajstić information content (AvgIpc) is 3.38. The molecule has 0 atom stereocenters. The van der Waals surface area contributed by atoms with Gasteiger partial charge in [-0.3, -0.25) is 5.10 Å². The summed E-state index contributed by atoms with van der Waals surface area (Å²) in [5.41, 5.74) is 3.79. The topological polar surface area (TPSA) is 83.9 Å². The molecule has 1 saturated heterocycles. The number of benzene rings is 2. The van der Waals surface area contributed by atoms with E-state index in [1.165, 1.54) is 5.69 Å². The fourth-order valence-corrected chi connectivity index (χ4v) is 3.72. The van der Waals surface area contributed by atoms with E-state index in [-0.39, 0.29) is 0 Å². The molecule has 1 aliphatic rings. The van der Waals surface area contributed by atoms with E-state index in [2.05, 4.69) is 54.8 Å². The third-order valence-corrected chi connectivity index (χ3v) is 5.48. The Morgan fingerprint density at radius 2 is 1.90 bits per heavy atom. The van der Waals surface area contributed by atoms with Gasteiger partial charge in [-0.2, -0.15) is 10.1 Å². The smallest absolute Gasteiger partial charge is 0.225 e. The summed E-state index contributed by atoms with van der Waals surface area (Å²) < 4.78 is 7.13. The minimum Gasteiger partial charge on any atom is -0.378 e. The van der Waals surface area contributed by atoms with Gasteiger partial charge in [-0.1, -0.05) is 11.6 Å². The van der Waals surface area contributed by atoms with E-state index >= 15 is 0 Å². The molecule has 9 heteroatoms. The highest BCUT2D eigenvalue weighted by molar-refractivity contribution is 6.38. The number of hydrogen-bond acceptors (Lipinski definition) is 6. The summed E-state index contributed by atoms with van der Waals surface area (Å²) in [5.74, 6) is 1.27. The Labute approximate surface area is 172 Å². The van der Waals surface area contributed by atoms with Gasteiger partial charge in [-0.25, -0.2) is 4.68 Å². The lowest BCUT2D eigenvalue weighted by atomic mass is 10.2. The normalized spacial score (nSPS) is 14.5. The van der Waals surface area contributed by atoms with Crippen molar-refractivity contribution in [1.82, 2.24) is 25.0 Å². The van der Waals surface area contributed by atoms with Crippen molar-refractivity contribution in [3.63, 3.8) is 0 Å². The second-order valence-corrected chi connectivity index (χ2v) is 7.29. The number of morpholine rings is 1. The highest BCUT2D eigenvalue weighted by Gasteiger charge is 2.14. The van der Waals surface area contributed by atoms with Crippen molar-refractivity contribution in [3.8, 4) is 11.4 Å². The third kappa shape index (κ3) is 3.41. The molecule has 0 bridgehead atoms. The van der Waals surface area contributed by atoms with E-state index in [1.54, 1.807) is 10.9 Å². The molecule has 29 heavy (non-hydrogen) atoms. The zero-order valence-electron chi connectivity index (χ0n) is 15.9. The molecule has 0 saturated carbocycles. The van der Waals surface area contributed by atoms with Gasteiger partial charge in [0, 0.05) is 36.8 Å². The minimum atomic E-state index is 0.593. The number of aromatic amines is 1. The summed E-state index contributed by atoms with van der Waals surface area (Å²) >= 11 is 6.51. The molecule has 2 aromatic carbocycles. The molecular weight excluding hydrogens is 390 g/mol. The van der Waals surface area contributed by atoms with Crippen LogP contribution in [0, 0.1) is 0 Å². The molecule has 2 N–H and O–H groups in total. The van der Waals surface area contributed by atoms with Gasteiger partial charge >= 0.3 is 0 Å². The quantitative estimate of drug-likeness (QED) is 0.536. The van der Waals surface area contributed by atoms with Crippen LogP contribution in [0.3, 0.4) is 0 Å². The minimum absolute atomic E-state index is 0.593. The molecule has 2 aromatic heterocycles. The summed E-state index contributed by atoms with van der Waals surface area (Å²) in [6.07, 6.45) is 1.71. The Kier molecular flexibility index (Phi) is 4.57. The van der Waals surface area contributed by atoms with Crippen LogP contribution in [0.25, 0.3) is 22.3 Å². The third-order valence-electron chi connectivity index (χ3n) is 5.07. The number of nitrogens with zero attached hydrogens (tertiary/aromatic N) is 5. The Morgan fingerprint density at radius 3 is 2.69 bits per heavy atom. The SMILES string of the molecule is Cn1nc(-c2ccc(N3CCOCC3)cc2)nc1Nc1ccc2[nH]ncc2c1Cl. The molecule has 3 heterocycles. The zero-order chi connectivity index (χ0) is 19.8. The van der Waals surface area contributed by atoms with Gasteiger partial charge in [0.05, 0.1) is 35.6 Å². The highest BCUT2D eigenvalue weighted by atomic mass is 35.5. The van der Waals surface area contributed by atoms with Gasteiger partial charge in [0.25, 0.3) is 0 Å². The summed E-state index contributed by atoms with van der Waals surface area (Å²) in [7, 11) is 1.85. The Bertz CT molecular complexity index is 1150. The van der Waals surface area contributed by atoms with Crippen molar-refractivity contribution >= 4 is 39.8 Å². The lowest BCUT2D eigenvalue weighted by molar-refractivity contribution is 0.122. The predicted molar refractivity (Wildman–Crippen MR) is 114 cm³/mol. The molecular formula is C20H20ClN7O. The van der Waals surface area contributed by atoms with Gasteiger partial charge in [-0.05, 0) is 36.4 Å². The summed E-state index contributed by atoms with van der Waals surface area (Å²) in [6, 6.07) is 12.1. The van der Waals surface area contributed by atoms with Crippen molar-refractivity contribution in [2.45, 2.75) is 0 Å². The van der Waals surface area contributed by atoms with Crippen LogP contribution in [-0.4, -0.2) is 51.3 Å². The summed E-state index contributed by atoms with van der Waals surface area (Å²) in [4.78, 5) is 6.97. The van der Waals surface area contributed by atoms with Gasteiger partial charge in [0.1, 0.15) is 0 Å². The average molecular weight is 410 g/mol. The Morgan fingerprint density at radius 1 is 1.10 bits per heavy atom. The molecule has 148 valence electrons. The van der Waals surface area contributed by atoms with Crippen LogP contribution in [0.15, 0.2) is 42.6 Å². The molecule has 0 spiro atoms. The van der Waals surface area contributed by atoms with Gasteiger partial charge in [-0.15, -0.1) is 5.10 Å². The van der Waals surface area contributed by atoms with Crippen LogP contribution < -0.4 is 10.2 Å². The zero-order valence-corrected chi connectivity index (χ0v) is 16.6. The number of fused-ring (bicyclic) bond motifs is 1. The van der Waals surface area contributed by atoms with Gasteiger partial charge in [0.2, 0.25) is 5.95 Å². The van der Waals surface area contributed by atoms with E-state index in [0.29, 0.717) is 16.8 Å². The molecule has 5 rings (SSSR count). The highest BCUT2D eigenvalue weighted by Crippen LogP contribution is 2.32. The molecule has 0 unspecified atom stereocenters. The largest absolute Gasteiger partial charge is 0.378 e. The predicted octanol–water partition coefficient (Wildman–Crippen LogP) is 3.59. The first kappa shape index (κ1) is 18.0. The number of ether oxygens (including phenoxy) is 1. The lowest BCUT2D eigenvalue weighted by Gasteiger charge is -2.28. The summed E-state index contributed by atoms with van der Waals surface area (Å²) in [5, 5.41) is 16.2. The van der Waals surface area contributed by atoms with E-state index in [0.717, 1.165) is 48.5 Å². The van der Waals surface area contributed by atoms with Crippen LogP contribution >= 0.6 is 11.6 Å². The van der Waals surface area contributed by atoms with Crippen molar-refractivity contribution in [1.29, 1.82) is 0 Å². The first-order valence-electron chi connectivity index (χ1n) is 9.42. The maximum atomic E-state index is 6.51. The molecule has 1 aliphatic heterocycles. The van der Waals surface area contributed by atoms with Crippen LogP contribution in [0.4, 0.5) is 17.3 Å². The second kappa shape index (κ2) is 7.38. The molecule has 1 fully saturated rings. The van der Waals surface area contributed by atoms with Gasteiger partial charge < -0.3 is 15.0 Å². The van der Waals surface area contributed by atoms with E-state index in [9.17, 15) is 0 Å². The van der Waals surface area contributed by atoms with Crippen LogP contribution in [-0.2, 0) is 11.8 Å². The van der Waals surface area contributed by atoms with Gasteiger partial charge in [0.15, 0.2) is 5.82 Å². The number of aromatic nitrogens is 5. The maximum Gasteiger partial charge on any atom is 0.225 e. The Balaban J connectivity index is 1.39. The number of aryl methyl sites for hydroxylation is 1. The Hall–Kier alpha value is -3.10. The number of nitrogens with one attached hydrogen (secondary N) is 2. The van der Waals surface area contributed by atoms with E-state index in [4.69, 9.17) is 16.3 Å². The van der Waals surface area contributed by atoms with Crippen molar-refractivity contribution < 1.29 is 4.74 Å². The fourth-order valence-electron chi connectivity index (χ4n) is 3.46. The van der Waals surface area contributed by atoms with E-state index in [1.807, 2.05) is 19.2 Å². The lowest BCUT2D eigenvalue weighted by Crippen LogP contribution is -2.36. The number of rotatable bonds is 4. The van der Waals surface area contributed by atoms with Crippen LogP contribution in [0.2, 0.25) is 5.02 Å². The molecule has 8 nitrogen and oxygen atoms in total. The number of hydrogen-bond donors (Lipinski definition) is 2. The fraction of sp³-hybridized carbons (Fsp3) is 0.250. The second-order valence-electron chi connectivity index (χ2n) is 6.91. The summed E-state index contributed by atoms with van der Waals surface area (Å²) in [6.45, 7) is 3.37. The van der Waals surface area contributed by atoms with Crippen LogP contribution in [0.5, 0.6) is 0 Å². The molecule has 0 radical (unpaired) electrons. The first-order chi connectivity index (χ1) is 14.2. The molecule has 0 aliphatic carbocycles.